The number of hydrogen-bond acceptors (Lipinski definition) is 5. The highest BCUT2D eigenvalue weighted by Crippen LogP contribution is 2.27. The number of hydrogen-bond donors (Lipinski definition) is 2. The van der Waals surface area contributed by atoms with Crippen LogP contribution in [0.15, 0.2) is 52.0 Å². The van der Waals surface area contributed by atoms with Gasteiger partial charge in [-0.2, -0.15) is 0 Å². The van der Waals surface area contributed by atoms with E-state index in [-0.39, 0.29) is 23.4 Å². The molecule has 1 aliphatic carbocycles. The Morgan fingerprint density at radius 1 is 1.18 bits per heavy atom. The maximum absolute atomic E-state index is 13.3. The minimum atomic E-state index is -4.00. The van der Waals surface area contributed by atoms with Gasteiger partial charge in [0.15, 0.2) is 0 Å². The summed E-state index contributed by atoms with van der Waals surface area (Å²) >= 11 is 0. The molecule has 1 saturated carbocycles. The monoisotopic (exact) mass is 479 g/mol. The number of carbonyl (C=O) groups excluding carboxylic acids is 2. The number of nitrogens with zero attached hydrogens (tertiary/aromatic N) is 1. The van der Waals surface area contributed by atoms with E-state index in [9.17, 15) is 22.4 Å². The van der Waals surface area contributed by atoms with Crippen molar-refractivity contribution in [3.63, 3.8) is 0 Å². The van der Waals surface area contributed by atoms with Crippen molar-refractivity contribution in [2.75, 3.05) is 6.54 Å². The van der Waals surface area contributed by atoms with Crippen LogP contribution in [-0.4, -0.2) is 43.8 Å². The summed E-state index contributed by atoms with van der Waals surface area (Å²) in [6.45, 7) is 1.65. The zero-order valence-electron chi connectivity index (χ0n) is 18.6. The highest BCUT2D eigenvalue weighted by Gasteiger charge is 2.36. The fraction of sp³-hybridized carbons (Fsp3) is 0.478. The van der Waals surface area contributed by atoms with Crippen molar-refractivity contribution in [1.82, 2.24) is 14.9 Å². The molecule has 33 heavy (non-hydrogen) atoms. The van der Waals surface area contributed by atoms with Crippen LogP contribution in [-0.2, 0) is 26.2 Å². The summed E-state index contributed by atoms with van der Waals surface area (Å²) in [6.07, 6.45) is 6.08. The van der Waals surface area contributed by atoms with Crippen molar-refractivity contribution in [2.45, 2.75) is 69.0 Å². The normalized spacial score (nSPS) is 15.3. The molecule has 2 amide bonds. The van der Waals surface area contributed by atoms with Gasteiger partial charge >= 0.3 is 0 Å². The van der Waals surface area contributed by atoms with Crippen LogP contribution in [0, 0.1) is 5.82 Å². The number of carbonyl (C=O) groups is 2. The zero-order chi connectivity index (χ0) is 23.8. The molecule has 1 atom stereocenters. The van der Waals surface area contributed by atoms with E-state index in [0.29, 0.717) is 18.6 Å². The van der Waals surface area contributed by atoms with Crippen LogP contribution >= 0.6 is 0 Å². The van der Waals surface area contributed by atoms with Gasteiger partial charge in [0, 0.05) is 6.04 Å². The summed E-state index contributed by atoms with van der Waals surface area (Å²) in [7, 11) is -4.00. The van der Waals surface area contributed by atoms with Crippen molar-refractivity contribution in [1.29, 1.82) is 0 Å². The van der Waals surface area contributed by atoms with Gasteiger partial charge in [-0.25, -0.2) is 17.5 Å². The molecule has 0 spiro atoms. The number of furan rings is 1. The van der Waals surface area contributed by atoms with Crippen LogP contribution in [0.2, 0.25) is 0 Å². The summed E-state index contributed by atoms with van der Waals surface area (Å²) in [6, 6.07) is 7.00. The highest BCUT2D eigenvalue weighted by atomic mass is 32.2. The predicted molar refractivity (Wildman–Crippen MR) is 120 cm³/mol. The highest BCUT2D eigenvalue weighted by molar-refractivity contribution is 7.89. The number of sulfonamides is 1. The molecule has 10 heteroatoms. The molecule has 1 unspecified atom stereocenters. The second-order valence-electron chi connectivity index (χ2n) is 8.12. The second kappa shape index (κ2) is 11.4. The third kappa shape index (κ3) is 6.64. The Hall–Kier alpha value is -2.72. The van der Waals surface area contributed by atoms with Gasteiger partial charge in [-0.3, -0.25) is 9.59 Å². The Morgan fingerprint density at radius 3 is 2.48 bits per heavy atom. The Kier molecular flexibility index (Phi) is 8.62. The third-order valence-electron chi connectivity index (χ3n) is 5.76. The largest absolute Gasteiger partial charge is 0.467 e. The average Bonchev–Trinajstić information content (AvgIpc) is 3.51. The summed E-state index contributed by atoms with van der Waals surface area (Å²) in [5.74, 6) is -0.709. The Balaban J connectivity index is 1.74. The standard InChI is InChI=1S/C23H30FN3O5S/c1-2-6-21(23(29)25-15-19-9-5-14-32-19)27(18-7-3-4-8-18)22(28)16-26-33(30,31)20-12-10-17(24)11-13-20/h5,9-14,18,21,26H,2-4,6-8,15-16H2,1H3,(H,25,29). The molecule has 0 bridgehead atoms. The number of benzene rings is 1. The van der Waals surface area contributed by atoms with Gasteiger partial charge in [-0.05, 0) is 55.7 Å². The van der Waals surface area contributed by atoms with Gasteiger partial charge in [0.1, 0.15) is 17.6 Å². The lowest BCUT2D eigenvalue weighted by Gasteiger charge is -2.36. The number of halogens is 1. The molecule has 1 heterocycles. The van der Waals surface area contributed by atoms with Crippen molar-refractivity contribution < 1.29 is 26.8 Å². The van der Waals surface area contributed by atoms with E-state index in [1.54, 1.807) is 17.0 Å². The molecule has 3 rings (SSSR count). The first kappa shape index (κ1) is 24.9. The lowest BCUT2D eigenvalue weighted by molar-refractivity contribution is -0.142. The van der Waals surface area contributed by atoms with E-state index in [1.165, 1.54) is 6.26 Å². The van der Waals surface area contributed by atoms with Crippen LogP contribution in [0.1, 0.15) is 51.2 Å². The molecule has 2 aromatic rings. The van der Waals surface area contributed by atoms with E-state index in [2.05, 4.69) is 10.0 Å². The van der Waals surface area contributed by atoms with Gasteiger partial charge in [-0.15, -0.1) is 0 Å². The molecule has 1 aromatic carbocycles. The summed E-state index contributed by atoms with van der Waals surface area (Å²) in [5.41, 5.74) is 0. The maximum atomic E-state index is 13.3. The van der Waals surface area contributed by atoms with Gasteiger partial charge in [0.25, 0.3) is 0 Å². The Labute approximate surface area is 193 Å². The van der Waals surface area contributed by atoms with Crippen molar-refractivity contribution in [3.8, 4) is 0 Å². The SMILES string of the molecule is CCCC(C(=O)NCc1ccco1)N(C(=O)CNS(=O)(=O)c1ccc(F)cc1)C1CCCC1. The first-order valence-electron chi connectivity index (χ1n) is 11.2. The molecule has 180 valence electrons. The smallest absolute Gasteiger partial charge is 0.243 e. The van der Waals surface area contributed by atoms with Gasteiger partial charge in [-0.1, -0.05) is 26.2 Å². The summed E-state index contributed by atoms with van der Waals surface area (Å²) in [5, 5.41) is 2.83. The Morgan fingerprint density at radius 2 is 1.88 bits per heavy atom. The molecule has 0 radical (unpaired) electrons. The molecule has 8 nitrogen and oxygen atoms in total. The van der Waals surface area contributed by atoms with Crippen LogP contribution < -0.4 is 10.0 Å². The lowest BCUT2D eigenvalue weighted by Crippen LogP contribution is -2.55. The van der Waals surface area contributed by atoms with Gasteiger partial charge < -0.3 is 14.6 Å². The van der Waals surface area contributed by atoms with Crippen LogP contribution in [0.5, 0.6) is 0 Å². The topological polar surface area (TPSA) is 109 Å². The van der Waals surface area contributed by atoms with E-state index >= 15 is 0 Å². The predicted octanol–water partition coefficient (Wildman–Crippen LogP) is 2.95. The van der Waals surface area contributed by atoms with E-state index in [0.717, 1.165) is 49.9 Å². The number of amides is 2. The van der Waals surface area contributed by atoms with Crippen molar-refractivity contribution >= 4 is 21.8 Å². The minimum Gasteiger partial charge on any atom is -0.467 e. The van der Waals surface area contributed by atoms with E-state index in [1.807, 2.05) is 6.92 Å². The second-order valence-corrected chi connectivity index (χ2v) is 9.89. The number of nitrogens with one attached hydrogen (secondary N) is 2. The molecule has 1 aromatic heterocycles. The van der Waals surface area contributed by atoms with Crippen LogP contribution in [0.4, 0.5) is 4.39 Å². The average molecular weight is 480 g/mol. The lowest BCUT2D eigenvalue weighted by atomic mass is 10.0. The van der Waals surface area contributed by atoms with Gasteiger partial charge in [0.05, 0.1) is 24.2 Å². The molecular weight excluding hydrogens is 449 g/mol. The molecule has 2 N–H and O–H groups in total. The zero-order valence-corrected chi connectivity index (χ0v) is 19.4. The quantitative estimate of drug-likeness (QED) is 0.515. The van der Waals surface area contributed by atoms with E-state index in [4.69, 9.17) is 4.42 Å². The molecular formula is C23H30FN3O5S. The van der Waals surface area contributed by atoms with Crippen LogP contribution in [0.3, 0.4) is 0 Å². The fourth-order valence-electron chi connectivity index (χ4n) is 4.13. The molecule has 1 fully saturated rings. The molecule has 0 aliphatic heterocycles. The minimum absolute atomic E-state index is 0.126. The van der Waals surface area contributed by atoms with E-state index < -0.39 is 34.3 Å². The first-order valence-corrected chi connectivity index (χ1v) is 12.7. The fourth-order valence-corrected chi connectivity index (χ4v) is 5.11. The van der Waals surface area contributed by atoms with Gasteiger partial charge in [0.2, 0.25) is 21.8 Å². The van der Waals surface area contributed by atoms with Crippen LogP contribution in [0.25, 0.3) is 0 Å². The van der Waals surface area contributed by atoms with Crippen molar-refractivity contribution in [3.05, 3.63) is 54.2 Å². The maximum Gasteiger partial charge on any atom is 0.243 e. The van der Waals surface area contributed by atoms with Crippen molar-refractivity contribution in [2.24, 2.45) is 0 Å². The Bertz CT molecular complexity index is 1020. The molecule has 1 aliphatic rings. The molecule has 0 saturated heterocycles. The number of rotatable bonds is 11. The third-order valence-corrected chi connectivity index (χ3v) is 7.18. The summed E-state index contributed by atoms with van der Waals surface area (Å²) in [4.78, 5) is 27.7. The first-order chi connectivity index (χ1) is 15.8. The summed E-state index contributed by atoms with van der Waals surface area (Å²) < 4.78 is 45.8.